The van der Waals surface area contributed by atoms with Crippen LogP contribution in [0.1, 0.15) is 13.8 Å². The van der Waals surface area contributed by atoms with E-state index in [-0.39, 0.29) is 25.7 Å². The third-order valence-electron chi connectivity index (χ3n) is 2.29. The number of amides is 4. The van der Waals surface area contributed by atoms with Crippen molar-refractivity contribution >= 4 is 18.0 Å². The summed E-state index contributed by atoms with van der Waals surface area (Å²) >= 11 is 0. The minimum atomic E-state index is -0.948. The number of rotatable bonds is 7. The van der Waals surface area contributed by atoms with Gasteiger partial charge in [-0.2, -0.15) is 0 Å². The Labute approximate surface area is 106 Å². The molecule has 0 aromatic rings. The van der Waals surface area contributed by atoms with Crippen LogP contribution in [0, 0.1) is 5.92 Å². The van der Waals surface area contributed by atoms with Gasteiger partial charge in [-0.3, -0.25) is 4.79 Å². The van der Waals surface area contributed by atoms with E-state index in [1.807, 2.05) is 0 Å². The van der Waals surface area contributed by atoms with Crippen molar-refractivity contribution in [2.75, 3.05) is 26.2 Å². The van der Waals surface area contributed by atoms with Crippen LogP contribution in [0.3, 0.4) is 0 Å². The van der Waals surface area contributed by atoms with Crippen LogP contribution in [-0.4, -0.2) is 54.2 Å². The Morgan fingerprint density at radius 2 is 1.83 bits per heavy atom. The third-order valence-corrected chi connectivity index (χ3v) is 2.29. The largest absolute Gasteiger partial charge is 0.481 e. The van der Waals surface area contributed by atoms with Crippen LogP contribution in [0.4, 0.5) is 9.59 Å². The molecule has 0 aliphatic carbocycles. The van der Waals surface area contributed by atoms with E-state index in [1.165, 1.54) is 11.8 Å². The summed E-state index contributed by atoms with van der Waals surface area (Å²) in [6.45, 7) is 4.31. The lowest BCUT2D eigenvalue weighted by molar-refractivity contribution is -0.141. The molecule has 0 heterocycles. The lowest BCUT2D eigenvalue weighted by Crippen LogP contribution is -2.45. The van der Waals surface area contributed by atoms with Crippen molar-refractivity contribution in [1.29, 1.82) is 0 Å². The first-order valence-electron chi connectivity index (χ1n) is 5.67. The second kappa shape index (κ2) is 8.15. The number of nitrogens with two attached hydrogens (primary N) is 1. The van der Waals surface area contributed by atoms with Crippen molar-refractivity contribution < 1.29 is 19.5 Å². The average molecular weight is 260 g/mol. The molecule has 8 heteroatoms. The molecule has 0 aliphatic rings. The summed E-state index contributed by atoms with van der Waals surface area (Å²) in [6.07, 6.45) is 0. The van der Waals surface area contributed by atoms with Crippen LogP contribution in [0.15, 0.2) is 0 Å². The summed E-state index contributed by atoms with van der Waals surface area (Å²) in [6, 6.07) is -1.02. The highest BCUT2D eigenvalue weighted by molar-refractivity contribution is 5.76. The van der Waals surface area contributed by atoms with Crippen LogP contribution in [0.2, 0.25) is 0 Å². The molecule has 0 aromatic carbocycles. The predicted molar refractivity (Wildman–Crippen MR) is 65.0 cm³/mol. The molecule has 0 radical (unpaired) electrons. The van der Waals surface area contributed by atoms with Gasteiger partial charge in [0.15, 0.2) is 0 Å². The Morgan fingerprint density at radius 1 is 1.28 bits per heavy atom. The van der Waals surface area contributed by atoms with Crippen LogP contribution >= 0.6 is 0 Å². The SMILES string of the molecule is CCN(CC(C)C(=O)O)C(=O)NCCNC(N)=O. The number of nitrogens with one attached hydrogen (secondary N) is 2. The molecule has 5 N–H and O–H groups in total. The third kappa shape index (κ3) is 6.56. The van der Waals surface area contributed by atoms with Gasteiger partial charge < -0.3 is 26.4 Å². The summed E-state index contributed by atoms with van der Waals surface area (Å²) in [5.41, 5.74) is 4.86. The summed E-state index contributed by atoms with van der Waals surface area (Å²) in [4.78, 5) is 34.1. The Hall–Kier alpha value is -1.99. The molecule has 0 aromatic heterocycles. The van der Waals surface area contributed by atoms with Gasteiger partial charge in [0, 0.05) is 26.2 Å². The van der Waals surface area contributed by atoms with Gasteiger partial charge in [-0.1, -0.05) is 6.92 Å². The second-order valence-electron chi connectivity index (χ2n) is 3.80. The highest BCUT2D eigenvalue weighted by Crippen LogP contribution is 2.00. The number of carboxylic acid groups (broad SMARTS) is 1. The highest BCUT2D eigenvalue weighted by atomic mass is 16.4. The van der Waals surface area contributed by atoms with Crippen molar-refractivity contribution in [3.63, 3.8) is 0 Å². The number of primary amides is 1. The van der Waals surface area contributed by atoms with Gasteiger partial charge in [0.25, 0.3) is 0 Å². The lowest BCUT2D eigenvalue weighted by Gasteiger charge is -2.23. The zero-order chi connectivity index (χ0) is 14.1. The fourth-order valence-corrected chi connectivity index (χ4v) is 1.23. The number of urea groups is 2. The first kappa shape index (κ1) is 16.0. The molecule has 0 spiro atoms. The summed E-state index contributed by atoms with van der Waals surface area (Å²) in [5, 5.41) is 13.6. The predicted octanol–water partition coefficient (Wildman–Crippen LogP) is -0.593. The smallest absolute Gasteiger partial charge is 0.317 e. The normalized spacial score (nSPS) is 11.4. The summed E-state index contributed by atoms with van der Waals surface area (Å²) in [5.74, 6) is -1.57. The molecule has 18 heavy (non-hydrogen) atoms. The molecular formula is C10H20N4O4. The molecule has 0 aliphatic heterocycles. The quantitative estimate of drug-likeness (QED) is 0.456. The molecule has 0 rings (SSSR count). The van der Waals surface area contributed by atoms with E-state index in [0.717, 1.165) is 0 Å². The number of carboxylic acids is 1. The van der Waals surface area contributed by atoms with Crippen molar-refractivity contribution in [3.05, 3.63) is 0 Å². The van der Waals surface area contributed by atoms with Crippen LogP contribution in [0.25, 0.3) is 0 Å². The Balaban J connectivity index is 4.03. The molecule has 0 bridgehead atoms. The minimum absolute atomic E-state index is 0.140. The van der Waals surface area contributed by atoms with Crippen molar-refractivity contribution in [3.8, 4) is 0 Å². The summed E-state index contributed by atoms with van der Waals surface area (Å²) < 4.78 is 0. The van der Waals surface area contributed by atoms with Crippen molar-refractivity contribution in [2.24, 2.45) is 11.7 Å². The number of nitrogens with zero attached hydrogens (tertiary/aromatic N) is 1. The van der Waals surface area contributed by atoms with Gasteiger partial charge >= 0.3 is 18.0 Å². The van der Waals surface area contributed by atoms with E-state index in [0.29, 0.717) is 6.54 Å². The Morgan fingerprint density at radius 3 is 2.28 bits per heavy atom. The number of carbonyl (C=O) groups is 3. The standard InChI is InChI=1S/C10H20N4O4/c1-3-14(6-7(2)8(15)16)10(18)13-5-4-12-9(11)17/h7H,3-6H2,1-2H3,(H,13,18)(H,15,16)(H3,11,12,17). The minimum Gasteiger partial charge on any atom is -0.481 e. The molecule has 1 atom stereocenters. The van der Waals surface area contributed by atoms with Gasteiger partial charge in [-0.25, -0.2) is 9.59 Å². The Kier molecular flexibility index (Phi) is 7.25. The zero-order valence-corrected chi connectivity index (χ0v) is 10.6. The molecular weight excluding hydrogens is 240 g/mol. The van der Waals surface area contributed by atoms with E-state index < -0.39 is 17.9 Å². The topological polar surface area (TPSA) is 125 Å². The van der Waals surface area contributed by atoms with E-state index in [4.69, 9.17) is 10.8 Å². The number of carbonyl (C=O) groups excluding carboxylic acids is 2. The van der Waals surface area contributed by atoms with E-state index in [1.54, 1.807) is 6.92 Å². The lowest BCUT2D eigenvalue weighted by atomic mass is 10.2. The number of aliphatic carboxylic acids is 1. The molecule has 8 nitrogen and oxygen atoms in total. The van der Waals surface area contributed by atoms with Gasteiger partial charge in [0.2, 0.25) is 0 Å². The average Bonchev–Trinajstić information content (AvgIpc) is 2.30. The molecule has 0 saturated heterocycles. The maximum atomic E-state index is 11.7. The van der Waals surface area contributed by atoms with Gasteiger partial charge in [-0.15, -0.1) is 0 Å². The van der Waals surface area contributed by atoms with E-state index >= 15 is 0 Å². The fourth-order valence-electron chi connectivity index (χ4n) is 1.23. The van der Waals surface area contributed by atoms with Crippen molar-refractivity contribution in [1.82, 2.24) is 15.5 Å². The summed E-state index contributed by atoms with van der Waals surface area (Å²) in [7, 11) is 0. The number of hydrogen-bond donors (Lipinski definition) is 4. The maximum Gasteiger partial charge on any atom is 0.317 e. The zero-order valence-electron chi connectivity index (χ0n) is 10.6. The number of hydrogen-bond acceptors (Lipinski definition) is 3. The fraction of sp³-hybridized carbons (Fsp3) is 0.700. The molecule has 1 unspecified atom stereocenters. The molecule has 0 fully saturated rings. The molecule has 0 saturated carbocycles. The first-order valence-corrected chi connectivity index (χ1v) is 5.67. The van der Waals surface area contributed by atoms with Gasteiger partial charge in [-0.05, 0) is 6.92 Å². The van der Waals surface area contributed by atoms with Crippen LogP contribution in [-0.2, 0) is 4.79 Å². The Bertz CT molecular complexity index is 308. The second-order valence-corrected chi connectivity index (χ2v) is 3.80. The van der Waals surface area contributed by atoms with E-state index in [2.05, 4.69) is 10.6 Å². The van der Waals surface area contributed by atoms with Gasteiger partial charge in [0.1, 0.15) is 0 Å². The maximum absolute atomic E-state index is 11.7. The van der Waals surface area contributed by atoms with Crippen LogP contribution in [0.5, 0.6) is 0 Å². The molecule has 104 valence electrons. The molecule has 4 amide bonds. The monoisotopic (exact) mass is 260 g/mol. The van der Waals surface area contributed by atoms with Gasteiger partial charge in [0.05, 0.1) is 5.92 Å². The first-order chi connectivity index (χ1) is 8.38. The van der Waals surface area contributed by atoms with E-state index in [9.17, 15) is 14.4 Å². The van der Waals surface area contributed by atoms with Crippen molar-refractivity contribution in [2.45, 2.75) is 13.8 Å². The highest BCUT2D eigenvalue weighted by Gasteiger charge is 2.18. The van der Waals surface area contributed by atoms with Crippen LogP contribution < -0.4 is 16.4 Å².